The maximum Gasteiger partial charge on any atom is 0.225 e. The number of halogens is 1. The lowest BCUT2D eigenvalue weighted by Gasteiger charge is -2.36. The predicted octanol–water partition coefficient (Wildman–Crippen LogP) is 2.54. The smallest absolute Gasteiger partial charge is 0.225 e. The molecular weight excluding hydrogens is 321 g/mol. The second-order valence-electron chi connectivity index (χ2n) is 7.04. The van der Waals surface area contributed by atoms with E-state index in [1.54, 1.807) is 6.07 Å². The van der Waals surface area contributed by atoms with Crippen molar-refractivity contribution in [1.29, 1.82) is 0 Å². The Morgan fingerprint density at radius 3 is 2.56 bits per heavy atom. The maximum atomic E-state index is 14.2. The van der Waals surface area contributed by atoms with Crippen LogP contribution >= 0.6 is 0 Å². The van der Waals surface area contributed by atoms with Crippen LogP contribution in [0.1, 0.15) is 36.8 Å². The third-order valence-corrected chi connectivity index (χ3v) is 5.53. The molecule has 0 aromatic heterocycles. The summed E-state index contributed by atoms with van der Waals surface area (Å²) < 4.78 is 14.2. The minimum Gasteiger partial charge on any atom is -0.340 e. The normalized spacial score (nSPS) is 19.2. The summed E-state index contributed by atoms with van der Waals surface area (Å²) in [6, 6.07) is 2.98. The molecule has 0 spiro atoms. The van der Waals surface area contributed by atoms with Crippen LogP contribution in [-0.4, -0.2) is 48.3 Å². The van der Waals surface area contributed by atoms with Crippen LogP contribution in [0.4, 0.5) is 10.1 Å². The zero-order valence-electron chi connectivity index (χ0n) is 14.8. The second kappa shape index (κ2) is 7.95. The van der Waals surface area contributed by atoms with Gasteiger partial charge >= 0.3 is 0 Å². The van der Waals surface area contributed by atoms with Gasteiger partial charge in [0.2, 0.25) is 12.3 Å². The number of hydrogen-bond acceptors (Lipinski definition) is 3. The van der Waals surface area contributed by atoms with Crippen LogP contribution in [0, 0.1) is 18.7 Å². The summed E-state index contributed by atoms with van der Waals surface area (Å²) in [5.41, 5.74) is 2.01. The average molecular weight is 347 g/mol. The Labute approximate surface area is 148 Å². The molecular formula is C19H26FN3O2. The van der Waals surface area contributed by atoms with Gasteiger partial charge in [-0.25, -0.2) is 4.39 Å². The van der Waals surface area contributed by atoms with Crippen molar-refractivity contribution in [3.8, 4) is 0 Å². The Balaban J connectivity index is 1.59. The molecule has 5 nitrogen and oxygen atoms in total. The molecule has 1 aliphatic heterocycles. The van der Waals surface area contributed by atoms with Crippen LogP contribution in [-0.2, 0) is 16.1 Å². The number of carbonyl (C=O) groups is 2. The number of carbonyl (C=O) groups excluding carboxylic acids is 2. The van der Waals surface area contributed by atoms with Gasteiger partial charge in [-0.1, -0.05) is 12.8 Å². The number of nitrogens with one attached hydrogen (secondary N) is 1. The summed E-state index contributed by atoms with van der Waals surface area (Å²) in [4.78, 5) is 27.3. The fourth-order valence-corrected chi connectivity index (χ4v) is 3.92. The first-order valence-electron chi connectivity index (χ1n) is 9.09. The molecule has 2 aliphatic rings. The van der Waals surface area contributed by atoms with Gasteiger partial charge in [0.1, 0.15) is 5.82 Å². The number of piperazine rings is 1. The van der Waals surface area contributed by atoms with Gasteiger partial charge in [0.15, 0.2) is 0 Å². The zero-order valence-corrected chi connectivity index (χ0v) is 14.8. The zero-order chi connectivity index (χ0) is 17.8. The lowest BCUT2D eigenvalue weighted by atomic mass is 10.0. The van der Waals surface area contributed by atoms with Crippen LogP contribution in [0.25, 0.3) is 0 Å². The molecule has 1 aromatic rings. The monoisotopic (exact) mass is 347 g/mol. The molecule has 0 bridgehead atoms. The Hall–Kier alpha value is -1.95. The van der Waals surface area contributed by atoms with Crippen LogP contribution in [0.15, 0.2) is 12.1 Å². The molecule has 1 aliphatic carbocycles. The van der Waals surface area contributed by atoms with Crippen molar-refractivity contribution >= 4 is 18.0 Å². The average Bonchev–Trinajstić information content (AvgIpc) is 3.16. The summed E-state index contributed by atoms with van der Waals surface area (Å²) >= 11 is 0. The van der Waals surface area contributed by atoms with Gasteiger partial charge in [0.25, 0.3) is 0 Å². The number of hydrogen-bond donors (Lipinski definition) is 1. The molecule has 136 valence electrons. The predicted molar refractivity (Wildman–Crippen MR) is 94.6 cm³/mol. The molecule has 1 N–H and O–H groups in total. The summed E-state index contributed by atoms with van der Waals surface area (Å²) in [5.74, 6) is 0.271. The highest BCUT2D eigenvalue weighted by atomic mass is 19.1. The number of benzene rings is 1. The highest BCUT2D eigenvalue weighted by Gasteiger charge is 2.29. The maximum absolute atomic E-state index is 14.2. The van der Waals surface area contributed by atoms with Gasteiger partial charge in [-0.05, 0) is 37.5 Å². The van der Waals surface area contributed by atoms with Crippen molar-refractivity contribution < 1.29 is 14.0 Å². The quantitative estimate of drug-likeness (QED) is 0.833. The summed E-state index contributed by atoms with van der Waals surface area (Å²) in [6.07, 6.45) is 5.00. The van der Waals surface area contributed by atoms with Crippen molar-refractivity contribution in [3.63, 3.8) is 0 Å². The van der Waals surface area contributed by atoms with Gasteiger partial charge in [0.05, 0.1) is 0 Å². The van der Waals surface area contributed by atoms with E-state index in [2.05, 4.69) is 10.2 Å². The molecule has 2 fully saturated rings. The third-order valence-electron chi connectivity index (χ3n) is 5.53. The first-order chi connectivity index (χ1) is 12.1. The first-order valence-corrected chi connectivity index (χ1v) is 9.09. The fourth-order valence-electron chi connectivity index (χ4n) is 3.92. The fraction of sp³-hybridized carbons (Fsp3) is 0.579. The molecule has 2 amide bonds. The molecule has 25 heavy (non-hydrogen) atoms. The molecule has 1 aromatic carbocycles. The molecule has 0 unspecified atom stereocenters. The van der Waals surface area contributed by atoms with Crippen molar-refractivity contribution in [2.24, 2.45) is 5.92 Å². The Morgan fingerprint density at radius 2 is 1.92 bits per heavy atom. The van der Waals surface area contributed by atoms with Crippen LogP contribution < -0.4 is 5.32 Å². The SMILES string of the molecule is Cc1c(NC=O)ccc(F)c1CN1CCN(C(=O)C2CCCC2)CC1. The molecule has 3 rings (SSSR count). The molecule has 1 heterocycles. The highest BCUT2D eigenvalue weighted by Crippen LogP contribution is 2.27. The topological polar surface area (TPSA) is 52.7 Å². The Morgan fingerprint density at radius 1 is 1.24 bits per heavy atom. The number of rotatable bonds is 5. The lowest BCUT2D eigenvalue weighted by Crippen LogP contribution is -2.49. The first kappa shape index (κ1) is 17.9. The van der Waals surface area contributed by atoms with E-state index in [4.69, 9.17) is 0 Å². The largest absolute Gasteiger partial charge is 0.340 e. The van der Waals surface area contributed by atoms with Crippen molar-refractivity contribution in [1.82, 2.24) is 9.80 Å². The van der Waals surface area contributed by atoms with Crippen molar-refractivity contribution in [2.45, 2.75) is 39.2 Å². The number of nitrogens with zero attached hydrogens (tertiary/aromatic N) is 2. The standard InChI is InChI=1S/C19H26FN3O2/c1-14-16(17(20)6-7-18(14)21-13-24)12-22-8-10-23(11-9-22)19(25)15-4-2-3-5-15/h6-7,13,15H,2-5,8-12H2,1H3,(H,21,24). The van der Waals surface area contributed by atoms with Crippen LogP contribution in [0.2, 0.25) is 0 Å². The van der Waals surface area contributed by atoms with Gasteiger partial charge in [-0.2, -0.15) is 0 Å². The Bertz CT molecular complexity index is 636. The summed E-state index contributed by atoms with van der Waals surface area (Å²) in [5, 5.41) is 2.62. The van der Waals surface area contributed by atoms with Crippen molar-refractivity contribution in [2.75, 3.05) is 31.5 Å². The highest BCUT2D eigenvalue weighted by molar-refractivity contribution is 5.79. The van der Waals surface area contributed by atoms with Crippen LogP contribution in [0.5, 0.6) is 0 Å². The minimum absolute atomic E-state index is 0.220. The lowest BCUT2D eigenvalue weighted by molar-refractivity contribution is -0.137. The van der Waals surface area contributed by atoms with Crippen LogP contribution in [0.3, 0.4) is 0 Å². The van der Waals surface area contributed by atoms with E-state index in [0.29, 0.717) is 43.2 Å². The van der Waals surface area contributed by atoms with E-state index >= 15 is 0 Å². The van der Waals surface area contributed by atoms with Gasteiger partial charge < -0.3 is 10.2 Å². The summed E-state index contributed by atoms with van der Waals surface area (Å²) in [6.45, 7) is 5.25. The van der Waals surface area contributed by atoms with E-state index in [9.17, 15) is 14.0 Å². The molecule has 1 saturated carbocycles. The van der Waals surface area contributed by atoms with Crippen molar-refractivity contribution in [3.05, 3.63) is 29.1 Å². The van der Waals surface area contributed by atoms with E-state index in [1.165, 1.54) is 18.9 Å². The van der Waals surface area contributed by atoms with E-state index in [1.807, 2.05) is 11.8 Å². The van der Waals surface area contributed by atoms with Gasteiger partial charge in [0, 0.05) is 49.9 Å². The number of amides is 2. The van der Waals surface area contributed by atoms with Gasteiger partial charge in [-0.3, -0.25) is 14.5 Å². The van der Waals surface area contributed by atoms with Gasteiger partial charge in [-0.15, -0.1) is 0 Å². The molecule has 0 radical (unpaired) electrons. The molecule has 1 saturated heterocycles. The molecule has 6 heteroatoms. The Kier molecular flexibility index (Phi) is 5.68. The van der Waals surface area contributed by atoms with E-state index in [0.717, 1.165) is 31.5 Å². The number of anilines is 1. The second-order valence-corrected chi connectivity index (χ2v) is 7.04. The minimum atomic E-state index is -0.251. The van der Waals surface area contributed by atoms with E-state index in [-0.39, 0.29) is 11.7 Å². The summed E-state index contributed by atoms with van der Waals surface area (Å²) in [7, 11) is 0. The van der Waals surface area contributed by atoms with E-state index < -0.39 is 0 Å². The molecule has 0 atom stereocenters. The third kappa shape index (κ3) is 4.00.